The Labute approximate surface area is 129 Å². The Balaban J connectivity index is 1.90. The molecule has 7 heteroatoms. The minimum Gasteiger partial charge on any atom is -0.493 e. The van der Waals surface area contributed by atoms with Gasteiger partial charge in [0.05, 0.1) is 12.8 Å². The van der Waals surface area contributed by atoms with Gasteiger partial charge in [0, 0.05) is 17.8 Å². The molecule has 22 heavy (non-hydrogen) atoms. The smallest absolute Gasteiger partial charge is 0.320 e. The molecule has 118 valence electrons. The third-order valence-corrected chi connectivity index (χ3v) is 3.29. The average molecular weight is 304 g/mol. The molecular formula is C15H20N4O3. The molecule has 0 spiro atoms. The van der Waals surface area contributed by atoms with Gasteiger partial charge in [-0.2, -0.15) is 0 Å². The number of nitrogens with zero attached hydrogens (tertiary/aromatic N) is 2. The van der Waals surface area contributed by atoms with E-state index in [0.717, 1.165) is 22.7 Å². The first-order valence-corrected chi connectivity index (χ1v) is 6.99. The van der Waals surface area contributed by atoms with Crippen LogP contribution in [0.25, 0.3) is 0 Å². The van der Waals surface area contributed by atoms with Crippen LogP contribution in [0.3, 0.4) is 0 Å². The molecule has 2 N–H and O–H groups in total. The number of aryl methyl sites for hydroxylation is 3. The van der Waals surface area contributed by atoms with Crippen LogP contribution >= 0.6 is 0 Å². The fourth-order valence-electron chi connectivity index (χ4n) is 2.11. The molecule has 2 heterocycles. The van der Waals surface area contributed by atoms with Gasteiger partial charge in [-0.1, -0.05) is 5.16 Å². The van der Waals surface area contributed by atoms with Crippen LogP contribution in [0.15, 0.2) is 16.7 Å². The van der Waals surface area contributed by atoms with E-state index in [-0.39, 0.29) is 6.03 Å². The third kappa shape index (κ3) is 3.75. The number of hydrogen-bond acceptors (Lipinski definition) is 5. The first-order chi connectivity index (χ1) is 10.5. The number of anilines is 1. The van der Waals surface area contributed by atoms with Crippen LogP contribution in [0.2, 0.25) is 0 Å². The Morgan fingerprint density at radius 1 is 1.32 bits per heavy atom. The fourth-order valence-corrected chi connectivity index (χ4v) is 2.11. The van der Waals surface area contributed by atoms with Crippen molar-refractivity contribution in [2.45, 2.75) is 27.2 Å². The van der Waals surface area contributed by atoms with Crippen LogP contribution < -0.4 is 15.4 Å². The maximum atomic E-state index is 11.9. The van der Waals surface area contributed by atoms with E-state index in [1.165, 1.54) is 7.11 Å². The van der Waals surface area contributed by atoms with Crippen molar-refractivity contribution in [1.82, 2.24) is 15.5 Å². The van der Waals surface area contributed by atoms with E-state index >= 15 is 0 Å². The molecule has 0 aliphatic rings. The van der Waals surface area contributed by atoms with Gasteiger partial charge in [-0.15, -0.1) is 0 Å². The van der Waals surface area contributed by atoms with Gasteiger partial charge in [-0.25, -0.2) is 9.78 Å². The molecule has 7 nitrogen and oxygen atoms in total. The quantitative estimate of drug-likeness (QED) is 0.885. The van der Waals surface area contributed by atoms with Gasteiger partial charge in [-0.3, -0.25) is 5.32 Å². The van der Waals surface area contributed by atoms with Gasteiger partial charge in [0.15, 0.2) is 11.6 Å². The van der Waals surface area contributed by atoms with Crippen molar-refractivity contribution in [3.05, 3.63) is 34.8 Å². The minimum absolute atomic E-state index is 0.330. The normalized spacial score (nSPS) is 10.4. The van der Waals surface area contributed by atoms with Crippen LogP contribution in [0, 0.1) is 20.8 Å². The summed E-state index contributed by atoms with van der Waals surface area (Å²) in [5, 5.41) is 9.35. The zero-order valence-electron chi connectivity index (χ0n) is 13.2. The van der Waals surface area contributed by atoms with Crippen molar-refractivity contribution in [2.24, 2.45) is 0 Å². The molecule has 2 aromatic heterocycles. The molecule has 2 amide bonds. The average Bonchev–Trinajstić information content (AvgIpc) is 2.79. The summed E-state index contributed by atoms with van der Waals surface area (Å²) in [6.45, 7) is 6.06. The highest BCUT2D eigenvalue weighted by molar-refractivity contribution is 5.89. The summed E-state index contributed by atoms with van der Waals surface area (Å²) in [6.07, 6.45) is 0.660. The lowest BCUT2D eigenvalue weighted by molar-refractivity contribution is 0.252. The molecular weight excluding hydrogens is 284 g/mol. The highest BCUT2D eigenvalue weighted by Gasteiger charge is 2.11. The number of aromatic nitrogens is 2. The topological polar surface area (TPSA) is 89.3 Å². The Morgan fingerprint density at radius 3 is 2.73 bits per heavy atom. The van der Waals surface area contributed by atoms with Crippen LogP contribution in [0.4, 0.5) is 10.6 Å². The van der Waals surface area contributed by atoms with Crippen LogP contribution in [0.5, 0.6) is 5.75 Å². The van der Waals surface area contributed by atoms with Crippen LogP contribution in [-0.4, -0.2) is 29.8 Å². The van der Waals surface area contributed by atoms with Gasteiger partial charge in [-0.05, 0) is 39.3 Å². The number of carbonyl (C=O) groups excluding carboxylic acids is 1. The third-order valence-electron chi connectivity index (χ3n) is 3.29. The van der Waals surface area contributed by atoms with E-state index in [1.807, 2.05) is 26.8 Å². The maximum absolute atomic E-state index is 11.9. The van der Waals surface area contributed by atoms with Crippen molar-refractivity contribution >= 4 is 11.8 Å². The molecule has 0 saturated carbocycles. The summed E-state index contributed by atoms with van der Waals surface area (Å²) in [6, 6.07) is 3.25. The highest BCUT2D eigenvalue weighted by Crippen LogP contribution is 2.21. The van der Waals surface area contributed by atoms with Crippen LogP contribution in [-0.2, 0) is 6.42 Å². The monoisotopic (exact) mass is 304 g/mol. The Hall–Kier alpha value is -2.57. The molecule has 2 aromatic rings. The second-order valence-electron chi connectivity index (χ2n) is 4.94. The molecule has 0 bridgehead atoms. The zero-order chi connectivity index (χ0) is 16.1. The van der Waals surface area contributed by atoms with Crippen molar-refractivity contribution in [2.75, 3.05) is 19.0 Å². The largest absolute Gasteiger partial charge is 0.493 e. The van der Waals surface area contributed by atoms with E-state index in [4.69, 9.17) is 9.26 Å². The van der Waals surface area contributed by atoms with Gasteiger partial charge >= 0.3 is 6.03 Å². The molecule has 0 aliphatic heterocycles. The number of hydrogen-bond donors (Lipinski definition) is 2. The van der Waals surface area contributed by atoms with E-state index in [0.29, 0.717) is 24.5 Å². The van der Waals surface area contributed by atoms with E-state index < -0.39 is 0 Å². The summed E-state index contributed by atoms with van der Waals surface area (Å²) >= 11 is 0. The molecule has 2 rings (SSSR count). The number of rotatable bonds is 5. The summed E-state index contributed by atoms with van der Waals surface area (Å²) in [5.74, 6) is 1.70. The number of amides is 2. The van der Waals surface area contributed by atoms with Crippen molar-refractivity contribution in [1.29, 1.82) is 0 Å². The van der Waals surface area contributed by atoms with E-state index in [9.17, 15) is 4.79 Å². The number of urea groups is 1. The number of nitrogens with one attached hydrogen (secondary N) is 2. The zero-order valence-corrected chi connectivity index (χ0v) is 13.2. The Morgan fingerprint density at radius 2 is 2.09 bits per heavy atom. The summed E-state index contributed by atoms with van der Waals surface area (Å²) in [5.41, 5.74) is 2.67. The summed E-state index contributed by atoms with van der Waals surface area (Å²) in [7, 11) is 1.53. The number of ether oxygens (including phenoxy) is 1. The molecule has 0 aliphatic carbocycles. The van der Waals surface area contributed by atoms with E-state index in [1.54, 1.807) is 6.07 Å². The highest BCUT2D eigenvalue weighted by atomic mass is 16.5. The van der Waals surface area contributed by atoms with Crippen molar-refractivity contribution in [3.8, 4) is 5.75 Å². The van der Waals surface area contributed by atoms with Gasteiger partial charge in [0.25, 0.3) is 0 Å². The predicted octanol–water partition coefficient (Wildman–Crippen LogP) is 2.37. The lowest BCUT2D eigenvalue weighted by Crippen LogP contribution is -2.31. The molecule has 0 atom stereocenters. The van der Waals surface area contributed by atoms with Crippen LogP contribution in [0.1, 0.15) is 22.7 Å². The Bertz CT molecular complexity index is 647. The van der Waals surface area contributed by atoms with E-state index in [2.05, 4.69) is 20.8 Å². The molecule has 0 radical (unpaired) electrons. The minimum atomic E-state index is -0.330. The molecule has 0 aromatic carbocycles. The number of pyridine rings is 1. The van der Waals surface area contributed by atoms with Crippen molar-refractivity contribution < 1.29 is 14.1 Å². The SMILES string of the molecule is COc1ccc(C)nc1NC(=O)NCCc1c(C)noc1C. The van der Waals surface area contributed by atoms with Gasteiger partial charge in [0.1, 0.15) is 5.76 Å². The molecule has 0 fully saturated rings. The number of methoxy groups -OCH3 is 1. The Kier molecular flexibility index (Phi) is 4.98. The summed E-state index contributed by atoms with van der Waals surface area (Å²) in [4.78, 5) is 16.2. The number of carbonyl (C=O) groups is 1. The lowest BCUT2D eigenvalue weighted by atomic mass is 10.1. The first-order valence-electron chi connectivity index (χ1n) is 6.99. The standard InChI is InChI=1S/C15H20N4O3/c1-9-5-6-13(21-4)14(17-9)18-15(20)16-8-7-12-10(2)19-22-11(12)3/h5-6H,7-8H2,1-4H3,(H2,16,17,18,20). The summed E-state index contributed by atoms with van der Waals surface area (Å²) < 4.78 is 10.3. The van der Waals surface area contributed by atoms with Crippen molar-refractivity contribution in [3.63, 3.8) is 0 Å². The van der Waals surface area contributed by atoms with Gasteiger partial charge in [0.2, 0.25) is 0 Å². The second-order valence-corrected chi connectivity index (χ2v) is 4.94. The second kappa shape index (κ2) is 6.93. The molecule has 0 saturated heterocycles. The first kappa shape index (κ1) is 15.8. The van der Waals surface area contributed by atoms with Gasteiger partial charge < -0.3 is 14.6 Å². The predicted molar refractivity (Wildman–Crippen MR) is 82.2 cm³/mol. The molecule has 0 unspecified atom stereocenters. The lowest BCUT2D eigenvalue weighted by Gasteiger charge is -2.10. The fraction of sp³-hybridized carbons (Fsp3) is 0.400. The maximum Gasteiger partial charge on any atom is 0.320 e.